The smallest absolute Gasteiger partial charge is 0.259 e. The molecule has 108 valence electrons. The minimum absolute atomic E-state index is 0.172. The van der Waals surface area contributed by atoms with E-state index in [1.165, 1.54) is 0 Å². The molecule has 0 aromatic heterocycles. The lowest BCUT2D eigenvalue weighted by Crippen LogP contribution is -2.25. The molecule has 2 aromatic carbocycles. The van der Waals surface area contributed by atoms with E-state index >= 15 is 0 Å². The molecule has 0 heterocycles. The molecule has 0 aliphatic rings. The van der Waals surface area contributed by atoms with Crippen LogP contribution in [-0.2, 0) is 4.79 Å². The lowest BCUT2D eigenvalue weighted by Gasteiger charge is -2.05. The van der Waals surface area contributed by atoms with E-state index in [-0.39, 0.29) is 12.5 Å². The van der Waals surface area contributed by atoms with Crippen LogP contribution in [0.15, 0.2) is 58.1 Å². The van der Waals surface area contributed by atoms with Crippen molar-refractivity contribution in [2.45, 2.75) is 0 Å². The number of anilines is 1. The first-order valence-corrected chi connectivity index (χ1v) is 8.07. The van der Waals surface area contributed by atoms with Crippen molar-refractivity contribution in [2.24, 2.45) is 5.10 Å². The maximum Gasteiger partial charge on any atom is 0.259 e. The van der Waals surface area contributed by atoms with Gasteiger partial charge in [-0.25, -0.2) is 5.43 Å². The third-order valence-corrected chi connectivity index (χ3v) is 3.82. The first kappa shape index (κ1) is 16.0. The van der Waals surface area contributed by atoms with Crippen molar-refractivity contribution in [3.05, 3.63) is 62.1 Å². The van der Waals surface area contributed by atoms with Crippen LogP contribution < -0.4 is 10.7 Å². The van der Waals surface area contributed by atoms with Gasteiger partial charge in [0.05, 0.1) is 12.8 Å². The van der Waals surface area contributed by atoms with E-state index in [9.17, 15) is 4.79 Å². The van der Waals surface area contributed by atoms with Crippen molar-refractivity contribution in [2.75, 3.05) is 11.9 Å². The molecule has 0 aliphatic heterocycles. The third kappa shape index (κ3) is 5.84. The topological polar surface area (TPSA) is 53.5 Å². The molecule has 0 spiro atoms. The molecular formula is C15H13BrIN3O. The molecule has 0 unspecified atom stereocenters. The number of nitrogens with zero attached hydrogens (tertiary/aromatic N) is 1. The number of benzene rings is 2. The van der Waals surface area contributed by atoms with Gasteiger partial charge in [-0.05, 0) is 64.6 Å². The summed E-state index contributed by atoms with van der Waals surface area (Å²) in [6.07, 6.45) is 1.62. The Labute approximate surface area is 145 Å². The standard InChI is InChI=1S/C15H13BrIN3O/c16-12-3-7-14(8-4-12)18-10-15(21)20-19-9-11-1-5-13(17)6-2-11/h1-9,18H,10H2,(H,20,21)/b19-9-. The van der Waals surface area contributed by atoms with Crippen LogP contribution in [0.2, 0.25) is 0 Å². The molecule has 0 saturated carbocycles. The summed E-state index contributed by atoms with van der Waals surface area (Å²) in [5, 5.41) is 6.94. The van der Waals surface area contributed by atoms with Gasteiger partial charge in [0, 0.05) is 13.7 Å². The third-order valence-electron chi connectivity index (χ3n) is 2.57. The number of rotatable bonds is 5. The van der Waals surface area contributed by atoms with Crippen LogP contribution in [0.3, 0.4) is 0 Å². The van der Waals surface area contributed by atoms with Crippen molar-refractivity contribution in [3.63, 3.8) is 0 Å². The van der Waals surface area contributed by atoms with Gasteiger partial charge in [0.1, 0.15) is 0 Å². The van der Waals surface area contributed by atoms with Gasteiger partial charge in [-0.1, -0.05) is 28.1 Å². The fourth-order valence-corrected chi connectivity index (χ4v) is 2.14. The van der Waals surface area contributed by atoms with E-state index < -0.39 is 0 Å². The highest BCUT2D eigenvalue weighted by atomic mass is 127. The predicted octanol–water partition coefficient (Wildman–Crippen LogP) is 3.62. The van der Waals surface area contributed by atoms with Crippen molar-refractivity contribution in [3.8, 4) is 0 Å². The molecule has 0 aliphatic carbocycles. The molecule has 6 heteroatoms. The number of hydrogen-bond acceptors (Lipinski definition) is 3. The first-order chi connectivity index (χ1) is 10.1. The second kappa shape index (κ2) is 8.14. The summed E-state index contributed by atoms with van der Waals surface area (Å²) in [4.78, 5) is 11.6. The van der Waals surface area contributed by atoms with Gasteiger partial charge in [-0.15, -0.1) is 0 Å². The molecule has 4 nitrogen and oxygen atoms in total. The molecule has 2 aromatic rings. The minimum atomic E-state index is -0.195. The number of hydrogen-bond donors (Lipinski definition) is 2. The molecule has 0 atom stereocenters. The Kier molecular flexibility index (Phi) is 6.19. The van der Waals surface area contributed by atoms with E-state index in [1.54, 1.807) is 6.21 Å². The largest absolute Gasteiger partial charge is 0.376 e. The van der Waals surface area contributed by atoms with E-state index in [0.29, 0.717) is 0 Å². The second-order valence-corrected chi connectivity index (χ2v) is 6.37. The molecule has 0 radical (unpaired) electrons. The molecule has 0 saturated heterocycles. The highest BCUT2D eigenvalue weighted by Gasteiger charge is 1.99. The minimum Gasteiger partial charge on any atom is -0.376 e. The van der Waals surface area contributed by atoms with Crippen LogP contribution in [0.5, 0.6) is 0 Å². The average Bonchev–Trinajstić information content (AvgIpc) is 2.49. The number of halogens is 2. The van der Waals surface area contributed by atoms with Gasteiger partial charge in [0.25, 0.3) is 5.91 Å². The number of nitrogens with one attached hydrogen (secondary N) is 2. The Morgan fingerprint density at radius 1 is 1.14 bits per heavy atom. The summed E-state index contributed by atoms with van der Waals surface area (Å²) in [5.74, 6) is -0.195. The number of carbonyl (C=O) groups excluding carboxylic acids is 1. The fraction of sp³-hybridized carbons (Fsp3) is 0.0667. The maximum atomic E-state index is 11.6. The Hall–Kier alpha value is -1.41. The Morgan fingerprint density at radius 2 is 1.81 bits per heavy atom. The van der Waals surface area contributed by atoms with Crippen molar-refractivity contribution < 1.29 is 4.79 Å². The van der Waals surface area contributed by atoms with Crippen LogP contribution in [-0.4, -0.2) is 18.7 Å². The summed E-state index contributed by atoms with van der Waals surface area (Å²) in [6.45, 7) is 0.172. The summed E-state index contributed by atoms with van der Waals surface area (Å²) in [6, 6.07) is 15.5. The lowest BCUT2D eigenvalue weighted by molar-refractivity contribution is -0.119. The zero-order chi connectivity index (χ0) is 15.1. The Morgan fingerprint density at radius 3 is 2.48 bits per heavy atom. The van der Waals surface area contributed by atoms with Crippen LogP contribution in [0.4, 0.5) is 5.69 Å². The highest BCUT2D eigenvalue weighted by Crippen LogP contribution is 2.13. The van der Waals surface area contributed by atoms with Crippen molar-refractivity contribution >= 4 is 56.3 Å². The normalized spacial score (nSPS) is 10.6. The van der Waals surface area contributed by atoms with E-state index in [2.05, 4.69) is 54.4 Å². The fourth-order valence-electron chi connectivity index (χ4n) is 1.52. The number of carbonyl (C=O) groups is 1. The van der Waals surface area contributed by atoms with Gasteiger partial charge in [-0.2, -0.15) is 5.10 Å². The molecule has 21 heavy (non-hydrogen) atoms. The molecule has 2 N–H and O–H groups in total. The van der Waals surface area contributed by atoms with Crippen LogP contribution >= 0.6 is 38.5 Å². The summed E-state index contributed by atoms with van der Waals surface area (Å²) >= 11 is 5.60. The molecule has 0 fully saturated rings. The van der Waals surface area contributed by atoms with E-state index in [0.717, 1.165) is 19.3 Å². The van der Waals surface area contributed by atoms with Gasteiger partial charge in [-0.3, -0.25) is 4.79 Å². The lowest BCUT2D eigenvalue weighted by atomic mass is 10.2. The zero-order valence-corrected chi connectivity index (χ0v) is 14.8. The van der Waals surface area contributed by atoms with E-state index in [1.807, 2.05) is 48.5 Å². The molecule has 2 rings (SSSR count). The summed E-state index contributed by atoms with van der Waals surface area (Å²) in [7, 11) is 0. The highest BCUT2D eigenvalue weighted by molar-refractivity contribution is 14.1. The van der Waals surface area contributed by atoms with E-state index in [4.69, 9.17) is 0 Å². The van der Waals surface area contributed by atoms with Gasteiger partial charge < -0.3 is 5.32 Å². The van der Waals surface area contributed by atoms with Gasteiger partial charge in [0.2, 0.25) is 0 Å². The van der Waals surface area contributed by atoms with Crippen LogP contribution in [0, 0.1) is 3.57 Å². The Balaban J connectivity index is 1.77. The average molecular weight is 458 g/mol. The number of amides is 1. The summed E-state index contributed by atoms with van der Waals surface area (Å²) in [5.41, 5.74) is 4.31. The van der Waals surface area contributed by atoms with Crippen LogP contribution in [0.1, 0.15) is 5.56 Å². The molecular weight excluding hydrogens is 445 g/mol. The Bertz CT molecular complexity index is 626. The molecule has 0 bridgehead atoms. The van der Waals surface area contributed by atoms with Crippen LogP contribution in [0.25, 0.3) is 0 Å². The number of hydrazone groups is 1. The zero-order valence-electron chi connectivity index (χ0n) is 11.0. The predicted molar refractivity (Wildman–Crippen MR) is 97.5 cm³/mol. The first-order valence-electron chi connectivity index (χ1n) is 6.20. The SMILES string of the molecule is O=C(CNc1ccc(Br)cc1)N/N=C\c1ccc(I)cc1. The second-order valence-electron chi connectivity index (χ2n) is 4.21. The van der Waals surface area contributed by atoms with Crippen molar-refractivity contribution in [1.82, 2.24) is 5.43 Å². The monoisotopic (exact) mass is 457 g/mol. The summed E-state index contributed by atoms with van der Waals surface area (Å²) < 4.78 is 2.16. The van der Waals surface area contributed by atoms with Gasteiger partial charge >= 0.3 is 0 Å². The quantitative estimate of drug-likeness (QED) is 0.409. The van der Waals surface area contributed by atoms with Crippen molar-refractivity contribution in [1.29, 1.82) is 0 Å². The molecule has 1 amide bonds. The maximum absolute atomic E-state index is 11.6. The van der Waals surface area contributed by atoms with Gasteiger partial charge in [0.15, 0.2) is 0 Å².